The lowest BCUT2D eigenvalue weighted by Crippen LogP contribution is -2.20. The molecule has 0 atom stereocenters. The van der Waals surface area contributed by atoms with E-state index < -0.39 is 5.56 Å². The number of nitrogens with two attached hydrogens (primary N) is 1. The Balaban J connectivity index is 2.87. The average molecular weight is 209 g/mol. The maximum Gasteiger partial charge on any atom is 0.327 e. The number of hydrogen-bond donors (Lipinski definition) is 3. The average Bonchev–Trinajstić information content (AvgIpc) is 2.43. The minimum Gasteiger partial charge on any atom is -0.369 e. The number of nitrogen functional groups attached to an aromatic ring is 1. The summed E-state index contributed by atoms with van der Waals surface area (Å²) in [4.78, 5) is 31.7. The van der Waals surface area contributed by atoms with Crippen molar-refractivity contribution in [2.45, 2.75) is 19.9 Å². The molecule has 0 aromatic carbocycles. The Bertz CT molecular complexity index is 606. The summed E-state index contributed by atoms with van der Waals surface area (Å²) in [5, 5.41) is 0. The van der Waals surface area contributed by atoms with Gasteiger partial charge in [-0.2, -0.15) is 4.98 Å². The Kier molecular flexibility index (Phi) is 2.07. The van der Waals surface area contributed by atoms with E-state index in [0.717, 1.165) is 6.42 Å². The molecule has 0 aliphatic rings. The van der Waals surface area contributed by atoms with Crippen molar-refractivity contribution in [1.29, 1.82) is 0 Å². The highest BCUT2D eigenvalue weighted by molar-refractivity contribution is 5.70. The maximum atomic E-state index is 11.6. The van der Waals surface area contributed by atoms with Crippen LogP contribution in [0.2, 0.25) is 0 Å². The van der Waals surface area contributed by atoms with Crippen molar-refractivity contribution in [3.05, 3.63) is 20.8 Å². The van der Waals surface area contributed by atoms with Gasteiger partial charge < -0.3 is 5.73 Å². The molecule has 0 unspecified atom stereocenters. The molecule has 0 saturated carbocycles. The number of H-pyrrole nitrogens is 2. The fraction of sp³-hybridized carbons (Fsp3) is 0.375. The Morgan fingerprint density at radius 1 is 1.40 bits per heavy atom. The molecule has 4 N–H and O–H groups in total. The Hall–Kier alpha value is -2.05. The van der Waals surface area contributed by atoms with Gasteiger partial charge in [0.15, 0.2) is 11.2 Å². The topological polar surface area (TPSA) is 110 Å². The highest BCUT2D eigenvalue weighted by atomic mass is 16.2. The van der Waals surface area contributed by atoms with Gasteiger partial charge in [-0.25, -0.2) is 4.79 Å². The van der Waals surface area contributed by atoms with Crippen molar-refractivity contribution in [3.63, 3.8) is 0 Å². The summed E-state index contributed by atoms with van der Waals surface area (Å²) >= 11 is 0. The molecule has 0 spiro atoms. The van der Waals surface area contributed by atoms with Gasteiger partial charge in [-0.1, -0.05) is 6.92 Å². The molecule has 15 heavy (non-hydrogen) atoms. The van der Waals surface area contributed by atoms with Gasteiger partial charge in [0.25, 0.3) is 5.56 Å². The third-order valence-electron chi connectivity index (χ3n) is 2.10. The van der Waals surface area contributed by atoms with E-state index in [1.807, 2.05) is 6.92 Å². The van der Waals surface area contributed by atoms with Gasteiger partial charge in [-0.3, -0.25) is 19.3 Å². The van der Waals surface area contributed by atoms with Crippen LogP contribution in [0.1, 0.15) is 13.3 Å². The molecule has 0 bridgehead atoms. The molecule has 2 heterocycles. The Labute approximate surface area is 83.9 Å². The molecule has 2 rings (SSSR count). The molecule has 0 radical (unpaired) electrons. The zero-order valence-electron chi connectivity index (χ0n) is 8.20. The number of aromatic amines is 2. The second-order valence-corrected chi connectivity index (χ2v) is 3.23. The van der Waals surface area contributed by atoms with Gasteiger partial charge in [0.2, 0.25) is 5.95 Å². The third kappa shape index (κ3) is 1.41. The normalized spacial score (nSPS) is 11.0. The molecule has 0 fully saturated rings. The third-order valence-corrected chi connectivity index (χ3v) is 2.10. The first-order chi connectivity index (χ1) is 7.13. The van der Waals surface area contributed by atoms with Crippen molar-refractivity contribution in [3.8, 4) is 0 Å². The van der Waals surface area contributed by atoms with Crippen LogP contribution in [-0.2, 0) is 6.54 Å². The molecule has 2 aromatic rings. The lowest BCUT2D eigenvalue weighted by Gasteiger charge is -1.98. The maximum absolute atomic E-state index is 11.6. The summed E-state index contributed by atoms with van der Waals surface area (Å²) in [6.07, 6.45) is 0.761. The molecular weight excluding hydrogens is 198 g/mol. The van der Waals surface area contributed by atoms with Crippen molar-refractivity contribution in [2.24, 2.45) is 0 Å². The largest absolute Gasteiger partial charge is 0.369 e. The van der Waals surface area contributed by atoms with Crippen molar-refractivity contribution < 1.29 is 0 Å². The number of hydrogen-bond acceptors (Lipinski definition) is 4. The van der Waals surface area contributed by atoms with Crippen LogP contribution in [0.5, 0.6) is 0 Å². The first-order valence-electron chi connectivity index (χ1n) is 4.61. The number of nitrogens with zero attached hydrogens (tertiary/aromatic N) is 2. The van der Waals surface area contributed by atoms with E-state index in [4.69, 9.17) is 5.73 Å². The number of fused-ring (bicyclic) bond motifs is 1. The highest BCUT2D eigenvalue weighted by Crippen LogP contribution is 2.02. The summed E-state index contributed by atoms with van der Waals surface area (Å²) in [5.41, 5.74) is 5.10. The van der Waals surface area contributed by atoms with Crippen molar-refractivity contribution in [1.82, 2.24) is 19.5 Å². The molecule has 0 aliphatic carbocycles. The smallest absolute Gasteiger partial charge is 0.327 e. The summed E-state index contributed by atoms with van der Waals surface area (Å²) in [5.74, 6) is -0.00241. The van der Waals surface area contributed by atoms with Crippen LogP contribution in [0.25, 0.3) is 11.2 Å². The van der Waals surface area contributed by atoms with E-state index in [1.54, 1.807) is 0 Å². The molecule has 80 valence electrons. The van der Waals surface area contributed by atoms with Gasteiger partial charge in [0.1, 0.15) is 0 Å². The molecule has 0 amide bonds. The van der Waals surface area contributed by atoms with Crippen molar-refractivity contribution >= 4 is 17.1 Å². The predicted molar refractivity (Wildman–Crippen MR) is 55.7 cm³/mol. The van der Waals surface area contributed by atoms with Crippen LogP contribution < -0.4 is 17.0 Å². The number of aryl methyl sites for hydroxylation is 1. The van der Waals surface area contributed by atoms with E-state index in [9.17, 15) is 9.59 Å². The van der Waals surface area contributed by atoms with Crippen LogP contribution in [0.15, 0.2) is 9.59 Å². The molecule has 2 aromatic heterocycles. The number of nitrogens with one attached hydrogen (secondary N) is 2. The van der Waals surface area contributed by atoms with E-state index in [0.29, 0.717) is 6.54 Å². The second kappa shape index (κ2) is 3.26. The Morgan fingerprint density at radius 3 is 2.80 bits per heavy atom. The summed E-state index contributed by atoms with van der Waals surface area (Å²) in [7, 11) is 0. The fourth-order valence-electron chi connectivity index (χ4n) is 1.53. The summed E-state index contributed by atoms with van der Waals surface area (Å²) < 4.78 is 1.36. The molecule has 0 saturated heterocycles. The SMILES string of the molecule is CCCn1c(=O)[nH]c2nc(N)[nH]c(=O)c21. The number of imidazole rings is 1. The molecular formula is C8H11N5O2. The molecule has 0 aliphatic heterocycles. The van der Waals surface area contributed by atoms with Crippen molar-refractivity contribution in [2.75, 3.05) is 5.73 Å². The quantitative estimate of drug-likeness (QED) is 0.613. The second-order valence-electron chi connectivity index (χ2n) is 3.23. The van der Waals surface area contributed by atoms with Gasteiger partial charge >= 0.3 is 5.69 Å². The van der Waals surface area contributed by atoms with Crippen LogP contribution in [0, 0.1) is 0 Å². The van der Waals surface area contributed by atoms with Gasteiger partial charge in [-0.15, -0.1) is 0 Å². The van der Waals surface area contributed by atoms with E-state index in [2.05, 4.69) is 15.0 Å². The molecule has 7 nitrogen and oxygen atoms in total. The zero-order valence-corrected chi connectivity index (χ0v) is 8.20. The minimum absolute atomic E-state index is 0.00241. The monoisotopic (exact) mass is 209 g/mol. The van der Waals surface area contributed by atoms with E-state index >= 15 is 0 Å². The number of aromatic nitrogens is 4. The summed E-state index contributed by atoms with van der Waals surface area (Å²) in [6.45, 7) is 2.40. The zero-order chi connectivity index (χ0) is 11.0. The lowest BCUT2D eigenvalue weighted by atomic mass is 10.4. The fourth-order valence-corrected chi connectivity index (χ4v) is 1.53. The first-order valence-corrected chi connectivity index (χ1v) is 4.61. The standard InChI is InChI=1S/C8H11N5O2/c1-2-3-13-4-5(11-8(13)15)10-7(9)12-6(4)14/h2-3H2,1H3,(H4,9,10,11,12,14,15). The van der Waals surface area contributed by atoms with Crippen LogP contribution >= 0.6 is 0 Å². The number of rotatable bonds is 2. The van der Waals surface area contributed by atoms with Gasteiger partial charge in [0, 0.05) is 6.54 Å². The van der Waals surface area contributed by atoms with Gasteiger partial charge in [-0.05, 0) is 6.42 Å². The van der Waals surface area contributed by atoms with Crippen LogP contribution in [0.3, 0.4) is 0 Å². The minimum atomic E-state index is -0.399. The highest BCUT2D eigenvalue weighted by Gasteiger charge is 2.11. The predicted octanol–water partition coefficient (Wildman–Crippen LogP) is -0.595. The summed E-state index contributed by atoms with van der Waals surface area (Å²) in [6, 6.07) is 0. The number of anilines is 1. The van der Waals surface area contributed by atoms with Gasteiger partial charge in [0.05, 0.1) is 0 Å². The van der Waals surface area contributed by atoms with E-state index in [-0.39, 0.29) is 22.8 Å². The van der Waals surface area contributed by atoms with Crippen LogP contribution in [-0.4, -0.2) is 19.5 Å². The first kappa shape index (κ1) is 9.50. The lowest BCUT2D eigenvalue weighted by molar-refractivity contribution is 0.672. The Morgan fingerprint density at radius 2 is 2.13 bits per heavy atom. The van der Waals surface area contributed by atoms with Crippen LogP contribution in [0.4, 0.5) is 5.95 Å². The van der Waals surface area contributed by atoms with E-state index in [1.165, 1.54) is 4.57 Å². The molecule has 7 heteroatoms.